The summed E-state index contributed by atoms with van der Waals surface area (Å²) in [5.74, 6) is -1.09. The number of hydrogen-bond donors (Lipinski definition) is 2. The first-order valence-corrected chi connectivity index (χ1v) is 7.68. The molecule has 0 spiro atoms. The van der Waals surface area contributed by atoms with Gasteiger partial charge in [-0.15, -0.1) is 11.3 Å². The lowest BCUT2D eigenvalue weighted by Crippen LogP contribution is -2.22. The predicted molar refractivity (Wildman–Crippen MR) is 81.2 cm³/mol. The number of thiophene rings is 2. The molecular formula is C14H13NO3S2. The zero-order valence-electron chi connectivity index (χ0n) is 10.8. The SMILES string of the molecule is Cc1cscc1C(=O)NCc1sccc1/C=C/C(=O)O. The van der Waals surface area contributed by atoms with Crippen molar-refractivity contribution in [1.82, 2.24) is 5.32 Å². The van der Waals surface area contributed by atoms with Crippen LogP contribution in [0.1, 0.15) is 26.4 Å². The fourth-order valence-electron chi connectivity index (χ4n) is 1.65. The first-order valence-electron chi connectivity index (χ1n) is 5.86. The summed E-state index contributed by atoms with van der Waals surface area (Å²) in [6, 6.07) is 1.83. The molecule has 0 aromatic carbocycles. The molecule has 6 heteroatoms. The first-order chi connectivity index (χ1) is 9.58. The standard InChI is InChI=1S/C14H13NO3S2/c1-9-7-19-8-11(9)14(18)15-6-12-10(4-5-20-12)2-3-13(16)17/h2-5,7-8H,6H2,1H3,(H,15,18)(H,16,17)/b3-2+. The van der Waals surface area contributed by atoms with Crippen molar-refractivity contribution < 1.29 is 14.7 Å². The number of nitrogens with one attached hydrogen (secondary N) is 1. The number of carboxylic acids is 1. The molecule has 2 aromatic rings. The quantitative estimate of drug-likeness (QED) is 0.834. The Morgan fingerprint density at radius 2 is 2.20 bits per heavy atom. The zero-order chi connectivity index (χ0) is 14.5. The molecule has 0 bridgehead atoms. The molecule has 2 rings (SSSR count). The van der Waals surface area contributed by atoms with Crippen LogP contribution in [-0.2, 0) is 11.3 Å². The molecule has 0 saturated heterocycles. The molecule has 0 unspecified atom stereocenters. The van der Waals surface area contributed by atoms with Crippen molar-refractivity contribution in [3.63, 3.8) is 0 Å². The molecule has 2 heterocycles. The van der Waals surface area contributed by atoms with E-state index in [-0.39, 0.29) is 5.91 Å². The number of hydrogen-bond acceptors (Lipinski definition) is 4. The highest BCUT2D eigenvalue weighted by atomic mass is 32.1. The average Bonchev–Trinajstić information content (AvgIpc) is 3.02. The molecule has 0 atom stereocenters. The maximum atomic E-state index is 12.0. The molecule has 2 aromatic heterocycles. The average molecular weight is 307 g/mol. The zero-order valence-corrected chi connectivity index (χ0v) is 12.4. The van der Waals surface area contributed by atoms with Crippen LogP contribution in [0.25, 0.3) is 6.08 Å². The van der Waals surface area contributed by atoms with Crippen molar-refractivity contribution >= 4 is 40.6 Å². The third-order valence-corrected chi connectivity index (χ3v) is 4.49. The van der Waals surface area contributed by atoms with Gasteiger partial charge in [0.25, 0.3) is 5.91 Å². The number of rotatable bonds is 5. The van der Waals surface area contributed by atoms with Gasteiger partial charge in [0.1, 0.15) is 0 Å². The Hall–Kier alpha value is -1.92. The van der Waals surface area contributed by atoms with Crippen LogP contribution in [0.5, 0.6) is 0 Å². The largest absolute Gasteiger partial charge is 0.478 e. The van der Waals surface area contributed by atoms with E-state index in [1.54, 1.807) is 0 Å². The summed E-state index contributed by atoms with van der Waals surface area (Å²) < 4.78 is 0. The van der Waals surface area contributed by atoms with E-state index < -0.39 is 5.97 Å². The Balaban J connectivity index is 2.01. The lowest BCUT2D eigenvalue weighted by Gasteiger charge is -2.04. The number of aliphatic carboxylic acids is 1. The molecule has 0 fully saturated rings. The van der Waals surface area contributed by atoms with Crippen molar-refractivity contribution in [3.05, 3.63) is 49.9 Å². The number of amides is 1. The van der Waals surface area contributed by atoms with E-state index >= 15 is 0 Å². The highest BCUT2D eigenvalue weighted by molar-refractivity contribution is 7.10. The summed E-state index contributed by atoms with van der Waals surface area (Å²) in [7, 11) is 0. The van der Waals surface area contributed by atoms with Crippen LogP contribution in [0.15, 0.2) is 28.3 Å². The van der Waals surface area contributed by atoms with Gasteiger partial charge < -0.3 is 10.4 Å². The fraction of sp³-hybridized carbons (Fsp3) is 0.143. The van der Waals surface area contributed by atoms with Crippen LogP contribution < -0.4 is 5.32 Å². The van der Waals surface area contributed by atoms with Gasteiger partial charge in [0, 0.05) is 16.3 Å². The van der Waals surface area contributed by atoms with Crippen LogP contribution in [0.4, 0.5) is 0 Å². The summed E-state index contributed by atoms with van der Waals surface area (Å²) in [6.45, 7) is 2.29. The Labute approximate surface area is 124 Å². The van der Waals surface area contributed by atoms with Crippen LogP contribution in [-0.4, -0.2) is 17.0 Å². The Morgan fingerprint density at radius 1 is 1.40 bits per heavy atom. The van der Waals surface area contributed by atoms with Crippen molar-refractivity contribution in [2.45, 2.75) is 13.5 Å². The topological polar surface area (TPSA) is 66.4 Å². The Morgan fingerprint density at radius 3 is 2.85 bits per heavy atom. The molecule has 0 saturated carbocycles. The summed E-state index contributed by atoms with van der Waals surface area (Å²) in [5, 5.41) is 17.1. The van der Waals surface area contributed by atoms with Crippen molar-refractivity contribution in [2.24, 2.45) is 0 Å². The summed E-state index contributed by atoms with van der Waals surface area (Å²) in [6.07, 6.45) is 2.63. The summed E-state index contributed by atoms with van der Waals surface area (Å²) in [4.78, 5) is 23.4. The number of carbonyl (C=O) groups is 2. The molecule has 2 N–H and O–H groups in total. The van der Waals surface area contributed by atoms with Gasteiger partial charge in [0.15, 0.2) is 0 Å². The minimum absolute atomic E-state index is 0.106. The van der Waals surface area contributed by atoms with Crippen LogP contribution >= 0.6 is 22.7 Å². The molecule has 1 amide bonds. The van der Waals surface area contributed by atoms with Gasteiger partial charge in [-0.2, -0.15) is 11.3 Å². The van der Waals surface area contributed by atoms with E-state index in [9.17, 15) is 9.59 Å². The lowest BCUT2D eigenvalue weighted by molar-refractivity contribution is -0.131. The summed E-state index contributed by atoms with van der Waals surface area (Å²) >= 11 is 2.99. The molecule has 0 radical (unpaired) electrons. The number of aryl methyl sites for hydroxylation is 1. The predicted octanol–water partition coefficient (Wildman–Crippen LogP) is 3.15. The van der Waals surface area contributed by atoms with Crippen LogP contribution in [0, 0.1) is 6.92 Å². The minimum Gasteiger partial charge on any atom is -0.478 e. The maximum absolute atomic E-state index is 12.0. The van der Waals surface area contributed by atoms with Crippen molar-refractivity contribution in [2.75, 3.05) is 0 Å². The first kappa shape index (κ1) is 14.5. The second-order valence-electron chi connectivity index (χ2n) is 4.12. The third-order valence-electron chi connectivity index (χ3n) is 2.70. The normalized spacial score (nSPS) is 10.8. The van der Waals surface area contributed by atoms with Crippen molar-refractivity contribution in [1.29, 1.82) is 0 Å². The molecule has 20 heavy (non-hydrogen) atoms. The van der Waals surface area contributed by atoms with E-state index in [1.165, 1.54) is 28.7 Å². The molecule has 0 aliphatic carbocycles. The van der Waals surface area contributed by atoms with Crippen LogP contribution in [0.2, 0.25) is 0 Å². The molecule has 0 aliphatic rings. The second-order valence-corrected chi connectivity index (χ2v) is 5.87. The smallest absolute Gasteiger partial charge is 0.328 e. The maximum Gasteiger partial charge on any atom is 0.328 e. The molecule has 4 nitrogen and oxygen atoms in total. The monoisotopic (exact) mass is 307 g/mol. The molecule has 104 valence electrons. The molecular weight excluding hydrogens is 294 g/mol. The Bertz CT molecular complexity index is 655. The van der Waals surface area contributed by atoms with Crippen molar-refractivity contribution in [3.8, 4) is 0 Å². The highest BCUT2D eigenvalue weighted by Gasteiger charge is 2.10. The van der Waals surface area contributed by atoms with E-state index in [4.69, 9.17) is 5.11 Å². The van der Waals surface area contributed by atoms with Gasteiger partial charge in [-0.3, -0.25) is 4.79 Å². The second kappa shape index (κ2) is 6.49. The minimum atomic E-state index is -0.986. The van der Waals surface area contributed by atoms with Gasteiger partial charge in [-0.1, -0.05) is 0 Å². The van der Waals surface area contributed by atoms with Gasteiger partial charge in [0.05, 0.1) is 12.1 Å². The highest BCUT2D eigenvalue weighted by Crippen LogP contribution is 2.19. The van der Waals surface area contributed by atoms with Gasteiger partial charge in [-0.25, -0.2) is 4.79 Å². The molecule has 0 aliphatic heterocycles. The number of carboxylic acid groups (broad SMARTS) is 1. The van der Waals surface area contributed by atoms with Gasteiger partial charge in [-0.05, 0) is 41.0 Å². The van der Waals surface area contributed by atoms with E-state index in [0.717, 1.165) is 22.1 Å². The Kier molecular flexibility index (Phi) is 4.70. The van der Waals surface area contributed by atoms with Gasteiger partial charge >= 0.3 is 5.97 Å². The fourth-order valence-corrected chi connectivity index (χ4v) is 3.29. The van der Waals surface area contributed by atoms with Crippen LogP contribution in [0.3, 0.4) is 0 Å². The van der Waals surface area contributed by atoms with E-state index in [2.05, 4.69) is 5.32 Å². The third kappa shape index (κ3) is 3.55. The summed E-state index contributed by atoms with van der Waals surface area (Å²) in [5.41, 5.74) is 2.47. The van der Waals surface area contributed by atoms with Gasteiger partial charge in [0.2, 0.25) is 0 Å². The lowest BCUT2D eigenvalue weighted by atomic mass is 10.2. The number of carbonyl (C=O) groups excluding carboxylic acids is 1. The van der Waals surface area contributed by atoms with E-state index in [0.29, 0.717) is 12.1 Å². The van der Waals surface area contributed by atoms with E-state index in [1.807, 2.05) is 29.1 Å².